The van der Waals surface area contributed by atoms with Crippen LogP contribution in [-0.2, 0) is 21.2 Å². The minimum Gasteiger partial charge on any atom is -0.340 e. The third kappa shape index (κ3) is 4.49. The zero-order valence-corrected chi connectivity index (χ0v) is 17.3. The number of nitrogens with zero attached hydrogens (tertiary/aromatic N) is 2. The second-order valence-electron chi connectivity index (χ2n) is 6.43. The molecule has 3 rings (SSSR count). The van der Waals surface area contributed by atoms with Gasteiger partial charge < -0.3 is 4.90 Å². The maximum atomic E-state index is 13.7. The van der Waals surface area contributed by atoms with Crippen LogP contribution in [0, 0.1) is 5.82 Å². The molecule has 1 saturated heterocycles. The fourth-order valence-electron chi connectivity index (χ4n) is 3.10. The molecule has 28 heavy (non-hydrogen) atoms. The molecule has 1 heterocycles. The predicted molar refractivity (Wildman–Crippen MR) is 107 cm³/mol. The van der Waals surface area contributed by atoms with E-state index >= 15 is 0 Å². The highest BCUT2D eigenvalue weighted by atomic mass is 35.5. The van der Waals surface area contributed by atoms with Gasteiger partial charge in [0.25, 0.3) is 0 Å². The lowest BCUT2D eigenvalue weighted by atomic mass is 10.1. The highest BCUT2D eigenvalue weighted by molar-refractivity contribution is 7.89. The van der Waals surface area contributed by atoms with E-state index in [-0.39, 0.29) is 59.3 Å². The van der Waals surface area contributed by atoms with Crippen LogP contribution >= 0.6 is 23.2 Å². The van der Waals surface area contributed by atoms with Crippen molar-refractivity contribution in [3.05, 3.63) is 63.9 Å². The van der Waals surface area contributed by atoms with Crippen molar-refractivity contribution in [1.29, 1.82) is 0 Å². The minimum absolute atomic E-state index is 0.00689. The molecule has 1 aliphatic rings. The molecule has 2 aromatic rings. The number of halogens is 3. The summed E-state index contributed by atoms with van der Waals surface area (Å²) in [5.74, 6) is -0.453. The van der Waals surface area contributed by atoms with Crippen LogP contribution in [-0.4, -0.2) is 49.7 Å². The average Bonchev–Trinajstić information content (AvgIpc) is 2.69. The third-order valence-electron chi connectivity index (χ3n) is 4.69. The number of benzene rings is 2. The SMILES string of the molecule is O=C(CCc1ccccc1F)N1CCN(S(=O)(=O)c2cccc(Cl)c2Cl)CC1. The summed E-state index contributed by atoms with van der Waals surface area (Å²) in [6.45, 7) is 0.869. The number of hydrogen-bond acceptors (Lipinski definition) is 3. The number of amides is 1. The van der Waals surface area contributed by atoms with Gasteiger partial charge in [-0.05, 0) is 30.2 Å². The molecule has 0 bridgehead atoms. The number of aryl methyl sites for hydroxylation is 1. The number of carbonyl (C=O) groups is 1. The van der Waals surface area contributed by atoms with Crippen LogP contribution in [0.1, 0.15) is 12.0 Å². The number of carbonyl (C=O) groups excluding carboxylic acids is 1. The Bertz CT molecular complexity index is 977. The molecule has 0 radical (unpaired) electrons. The highest BCUT2D eigenvalue weighted by Gasteiger charge is 2.31. The van der Waals surface area contributed by atoms with Gasteiger partial charge in [-0.2, -0.15) is 4.31 Å². The topological polar surface area (TPSA) is 57.7 Å². The highest BCUT2D eigenvalue weighted by Crippen LogP contribution is 2.31. The fraction of sp³-hybridized carbons (Fsp3) is 0.316. The van der Waals surface area contributed by atoms with E-state index in [0.29, 0.717) is 12.0 Å². The summed E-state index contributed by atoms with van der Waals surface area (Å²) >= 11 is 12.0. The van der Waals surface area contributed by atoms with E-state index in [1.54, 1.807) is 23.1 Å². The van der Waals surface area contributed by atoms with E-state index < -0.39 is 10.0 Å². The van der Waals surface area contributed by atoms with Crippen molar-refractivity contribution in [1.82, 2.24) is 9.21 Å². The molecule has 0 atom stereocenters. The van der Waals surface area contributed by atoms with Crippen LogP contribution < -0.4 is 0 Å². The first kappa shape index (κ1) is 21.0. The Hall–Kier alpha value is -1.67. The van der Waals surface area contributed by atoms with Crippen LogP contribution in [0.25, 0.3) is 0 Å². The molecule has 0 N–H and O–H groups in total. The summed E-state index contributed by atoms with van der Waals surface area (Å²) in [6.07, 6.45) is 0.482. The number of rotatable bonds is 5. The van der Waals surface area contributed by atoms with Crippen LogP contribution in [0.15, 0.2) is 47.4 Å². The van der Waals surface area contributed by atoms with Gasteiger partial charge in [0.05, 0.1) is 10.0 Å². The van der Waals surface area contributed by atoms with Crippen molar-refractivity contribution in [3.8, 4) is 0 Å². The number of piperazine rings is 1. The molecular weight excluding hydrogens is 426 g/mol. The molecule has 1 aliphatic heterocycles. The van der Waals surface area contributed by atoms with Gasteiger partial charge in [0.1, 0.15) is 10.7 Å². The van der Waals surface area contributed by atoms with Gasteiger partial charge in [-0.3, -0.25) is 4.79 Å². The van der Waals surface area contributed by atoms with Crippen LogP contribution in [0.3, 0.4) is 0 Å². The van der Waals surface area contributed by atoms with Gasteiger partial charge in [0.2, 0.25) is 15.9 Å². The Morgan fingerprint density at radius 1 is 1.00 bits per heavy atom. The van der Waals surface area contributed by atoms with E-state index in [1.165, 1.54) is 28.6 Å². The summed E-state index contributed by atoms with van der Waals surface area (Å²) < 4.78 is 40.6. The maximum absolute atomic E-state index is 13.7. The van der Waals surface area contributed by atoms with Crippen molar-refractivity contribution >= 4 is 39.1 Å². The van der Waals surface area contributed by atoms with Crippen LogP contribution in [0.5, 0.6) is 0 Å². The Morgan fingerprint density at radius 2 is 1.68 bits per heavy atom. The smallest absolute Gasteiger partial charge is 0.244 e. The summed E-state index contributed by atoms with van der Waals surface area (Å²) in [5.41, 5.74) is 0.493. The second-order valence-corrected chi connectivity index (χ2v) is 9.12. The van der Waals surface area contributed by atoms with E-state index in [9.17, 15) is 17.6 Å². The van der Waals surface area contributed by atoms with Crippen molar-refractivity contribution in [2.45, 2.75) is 17.7 Å². The number of hydrogen-bond donors (Lipinski definition) is 0. The first-order chi connectivity index (χ1) is 13.3. The quantitative estimate of drug-likeness (QED) is 0.707. The van der Waals surface area contributed by atoms with Gasteiger partial charge in [-0.1, -0.05) is 47.5 Å². The summed E-state index contributed by atoms with van der Waals surface area (Å²) in [4.78, 5) is 14.0. The first-order valence-electron chi connectivity index (χ1n) is 8.76. The largest absolute Gasteiger partial charge is 0.340 e. The Kier molecular flexibility index (Phi) is 6.60. The third-order valence-corrected chi connectivity index (χ3v) is 7.56. The number of sulfonamides is 1. The Balaban J connectivity index is 1.60. The van der Waals surface area contributed by atoms with E-state index in [4.69, 9.17) is 23.2 Å². The standard InChI is InChI=1S/C19H19Cl2FN2O3S/c20-15-5-3-7-17(19(15)21)28(26,27)24-12-10-23(11-13-24)18(25)9-8-14-4-1-2-6-16(14)22/h1-7H,8-13H2. The lowest BCUT2D eigenvalue weighted by Gasteiger charge is -2.34. The molecule has 5 nitrogen and oxygen atoms in total. The lowest BCUT2D eigenvalue weighted by Crippen LogP contribution is -2.50. The van der Waals surface area contributed by atoms with Gasteiger partial charge in [-0.25, -0.2) is 12.8 Å². The molecule has 1 fully saturated rings. The molecule has 0 saturated carbocycles. The minimum atomic E-state index is -3.80. The zero-order chi connectivity index (χ0) is 20.3. The fourth-order valence-corrected chi connectivity index (χ4v) is 5.26. The summed E-state index contributed by atoms with van der Waals surface area (Å²) in [7, 11) is -3.80. The molecule has 2 aromatic carbocycles. The Morgan fingerprint density at radius 3 is 2.36 bits per heavy atom. The second kappa shape index (κ2) is 8.78. The van der Waals surface area contributed by atoms with Crippen molar-refractivity contribution in [2.24, 2.45) is 0 Å². The normalized spacial score (nSPS) is 15.6. The summed E-state index contributed by atoms with van der Waals surface area (Å²) in [6, 6.07) is 10.8. The van der Waals surface area contributed by atoms with Crippen molar-refractivity contribution in [2.75, 3.05) is 26.2 Å². The van der Waals surface area contributed by atoms with Gasteiger partial charge in [0, 0.05) is 32.6 Å². The molecule has 0 aromatic heterocycles. The van der Waals surface area contributed by atoms with E-state index in [0.717, 1.165) is 0 Å². The molecule has 0 aliphatic carbocycles. The van der Waals surface area contributed by atoms with Crippen LogP contribution in [0.2, 0.25) is 10.0 Å². The van der Waals surface area contributed by atoms with E-state index in [1.807, 2.05) is 0 Å². The lowest BCUT2D eigenvalue weighted by molar-refractivity contribution is -0.132. The van der Waals surface area contributed by atoms with Crippen molar-refractivity contribution in [3.63, 3.8) is 0 Å². The van der Waals surface area contributed by atoms with E-state index in [2.05, 4.69) is 0 Å². The molecule has 1 amide bonds. The molecule has 0 spiro atoms. The first-order valence-corrected chi connectivity index (χ1v) is 11.0. The summed E-state index contributed by atoms with van der Waals surface area (Å²) in [5, 5.41) is 0.164. The average molecular weight is 445 g/mol. The van der Waals surface area contributed by atoms with Crippen molar-refractivity contribution < 1.29 is 17.6 Å². The monoisotopic (exact) mass is 444 g/mol. The molecular formula is C19H19Cl2FN2O3S. The Labute approximate surface area is 173 Å². The van der Waals surface area contributed by atoms with Gasteiger partial charge in [0.15, 0.2) is 0 Å². The van der Waals surface area contributed by atoms with Crippen LogP contribution in [0.4, 0.5) is 4.39 Å². The molecule has 0 unspecified atom stereocenters. The molecule has 150 valence electrons. The predicted octanol–water partition coefficient (Wildman–Crippen LogP) is 3.60. The van der Waals surface area contributed by atoms with Gasteiger partial charge >= 0.3 is 0 Å². The maximum Gasteiger partial charge on any atom is 0.244 e. The molecule has 9 heteroatoms. The zero-order valence-electron chi connectivity index (χ0n) is 14.9. The van der Waals surface area contributed by atoms with Gasteiger partial charge in [-0.15, -0.1) is 0 Å².